The van der Waals surface area contributed by atoms with Crippen LogP contribution in [0.1, 0.15) is 5.56 Å². The molecule has 0 aliphatic rings. The van der Waals surface area contributed by atoms with Crippen molar-refractivity contribution in [2.75, 3.05) is 7.11 Å². The summed E-state index contributed by atoms with van der Waals surface area (Å²) < 4.78 is 44.5. The van der Waals surface area contributed by atoms with Crippen molar-refractivity contribution in [2.45, 2.75) is 11.4 Å². The first-order valence-electron chi connectivity index (χ1n) is 6.00. The van der Waals surface area contributed by atoms with E-state index in [0.29, 0.717) is 11.3 Å². The molecule has 1 N–H and O–H groups in total. The maximum Gasteiger partial charge on any atom is 0.240 e. The molecule has 2 rings (SSSR count). The first-order valence-corrected chi connectivity index (χ1v) is 7.86. The van der Waals surface area contributed by atoms with Crippen LogP contribution in [0.4, 0.5) is 4.39 Å². The topological polar surface area (TPSA) is 55.4 Å². The van der Waals surface area contributed by atoms with Crippen molar-refractivity contribution in [2.24, 2.45) is 0 Å². The SMILES string of the molecule is COc1ccc(S(=O)(=O)NCc2ccc(F)cc2)cc1Cl. The Kier molecular flexibility index (Phi) is 4.82. The summed E-state index contributed by atoms with van der Waals surface area (Å²) in [7, 11) is -2.25. The molecule has 0 aliphatic carbocycles. The summed E-state index contributed by atoms with van der Waals surface area (Å²) in [5.41, 5.74) is 0.652. The van der Waals surface area contributed by atoms with Crippen LogP contribution in [0.5, 0.6) is 5.75 Å². The van der Waals surface area contributed by atoms with E-state index in [1.54, 1.807) is 0 Å². The highest BCUT2D eigenvalue weighted by Gasteiger charge is 2.15. The summed E-state index contributed by atoms with van der Waals surface area (Å²) in [5.74, 6) is 0.0256. The average Bonchev–Trinajstić information content (AvgIpc) is 2.46. The van der Waals surface area contributed by atoms with E-state index in [1.807, 2.05) is 0 Å². The van der Waals surface area contributed by atoms with Crippen molar-refractivity contribution in [1.29, 1.82) is 0 Å². The number of halogens is 2. The van der Waals surface area contributed by atoms with Gasteiger partial charge in [0, 0.05) is 6.54 Å². The molecule has 0 fully saturated rings. The number of sulfonamides is 1. The van der Waals surface area contributed by atoms with Gasteiger partial charge in [-0.3, -0.25) is 0 Å². The maximum atomic E-state index is 12.8. The van der Waals surface area contributed by atoms with E-state index in [1.165, 1.54) is 49.6 Å². The van der Waals surface area contributed by atoms with Gasteiger partial charge in [-0.15, -0.1) is 0 Å². The molecule has 0 radical (unpaired) electrons. The second-order valence-electron chi connectivity index (χ2n) is 4.25. The van der Waals surface area contributed by atoms with Crippen molar-refractivity contribution >= 4 is 21.6 Å². The molecule has 112 valence electrons. The molecule has 2 aromatic rings. The lowest BCUT2D eigenvalue weighted by atomic mass is 10.2. The van der Waals surface area contributed by atoms with Gasteiger partial charge in [-0.2, -0.15) is 0 Å². The zero-order valence-electron chi connectivity index (χ0n) is 11.1. The molecule has 0 atom stereocenters. The normalized spacial score (nSPS) is 11.4. The maximum absolute atomic E-state index is 12.8. The van der Waals surface area contributed by atoms with Crippen LogP contribution in [0.15, 0.2) is 47.4 Å². The Morgan fingerprint density at radius 1 is 1.19 bits per heavy atom. The standard InChI is InChI=1S/C14H13ClFNO3S/c1-20-14-7-6-12(8-13(14)15)21(18,19)17-9-10-2-4-11(16)5-3-10/h2-8,17H,9H2,1H3. The number of ether oxygens (including phenoxy) is 1. The Morgan fingerprint density at radius 3 is 2.43 bits per heavy atom. The van der Waals surface area contributed by atoms with Gasteiger partial charge >= 0.3 is 0 Å². The predicted molar refractivity (Wildman–Crippen MR) is 78.4 cm³/mol. The molecule has 4 nitrogen and oxygen atoms in total. The van der Waals surface area contributed by atoms with E-state index < -0.39 is 10.0 Å². The first-order chi connectivity index (χ1) is 9.92. The Morgan fingerprint density at radius 2 is 1.86 bits per heavy atom. The number of rotatable bonds is 5. The van der Waals surface area contributed by atoms with E-state index in [-0.39, 0.29) is 22.3 Å². The van der Waals surface area contributed by atoms with Crippen molar-refractivity contribution in [3.63, 3.8) is 0 Å². The molecule has 0 spiro atoms. The molecule has 0 bridgehead atoms. The summed E-state index contributed by atoms with van der Waals surface area (Å²) >= 11 is 5.91. The molecule has 21 heavy (non-hydrogen) atoms. The van der Waals surface area contributed by atoms with E-state index >= 15 is 0 Å². The number of methoxy groups -OCH3 is 1. The fraction of sp³-hybridized carbons (Fsp3) is 0.143. The Labute approximate surface area is 127 Å². The van der Waals surface area contributed by atoms with Gasteiger partial charge in [-0.1, -0.05) is 23.7 Å². The molecular formula is C14H13ClFNO3S. The van der Waals surface area contributed by atoms with Crippen molar-refractivity contribution < 1.29 is 17.5 Å². The minimum atomic E-state index is -3.70. The lowest BCUT2D eigenvalue weighted by molar-refractivity contribution is 0.414. The lowest BCUT2D eigenvalue weighted by Crippen LogP contribution is -2.23. The van der Waals surface area contributed by atoms with E-state index in [0.717, 1.165) is 0 Å². The van der Waals surface area contributed by atoms with Crippen molar-refractivity contribution in [3.8, 4) is 5.75 Å². The van der Waals surface area contributed by atoms with Crippen molar-refractivity contribution in [3.05, 3.63) is 58.9 Å². The molecule has 0 saturated heterocycles. The van der Waals surface area contributed by atoms with Gasteiger partial charge < -0.3 is 4.74 Å². The Hall–Kier alpha value is -1.63. The third kappa shape index (κ3) is 3.93. The van der Waals surface area contributed by atoms with Gasteiger partial charge in [-0.05, 0) is 35.9 Å². The van der Waals surface area contributed by atoms with Gasteiger partial charge in [0.25, 0.3) is 0 Å². The highest BCUT2D eigenvalue weighted by atomic mass is 35.5. The van der Waals surface area contributed by atoms with Crippen LogP contribution in [0.25, 0.3) is 0 Å². The second-order valence-corrected chi connectivity index (χ2v) is 6.42. The zero-order valence-corrected chi connectivity index (χ0v) is 12.7. The largest absolute Gasteiger partial charge is 0.495 e. The molecule has 0 heterocycles. The van der Waals surface area contributed by atoms with Gasteiger partial charge in [0.1, 0.15) is 11.6 Å². The summed E-state index contributed by atoms with van der Waals surface area (Å²) in [5, 5.41) is 0.210. The predicted octanol–water partition coefficient (Wildman–Crippen LogP) is 2.97. The van der Waals surface area contributed by atoms with Crippen LogP contribution in [0.2, 0.25) is 5.02 Å². The van der Waals surface area contributed by atoms with Crippen LogP contribution >= 0.6 is 11.6 Å². The molecule has 0 aliphatic heterocycles. The molecule has 7 heteroatoms. The summed E-state index contributed by atoms with van der Waals surface area (Å²) in [4.78, 5) is 0.0374. The Bertz CT molecular complexity index is 732. The van der Waals surface area contributed by atoms with Crippen LogP contribution in [0.3, 0.4) is 0 Å². The summed E-state index contributed by atoms with van der Waals surface area (Å²) in [6.07, 6.45) is 0. The van der Waals surface area contributed by atoms with Crippen LogP contribution in [-0.4, -0.2) is 15.5 Å². The third-order valence-electron chi connectivity index (χ3n) is 2.81. The molecule has 0 unspecified atom stereocenters. The summed E-state index contributed by atoms with van der Waals surface area (Å²) in [6, 6.07) is 9.76. The number of hydrogen-bond acceptors (Lipinski definition) is 3. The smallest absolute Gasteiger partial charge is 0.240 e. The van der Waals surface area contributed by atoms with Crippen LogP contribution < -0.4 is 9.46 Å². The highest BCUT2D eigenvalue weighted by Crippen LogP contribution is 2.26. The van der Waals surface area contributed by atoms with Gasteiger partial charge in [0.15, 0.2) is 0 Å². The molecular weight excluding hydrogens is 317 g/mol. The third-order valence-corrected chi connectivity index (χ3v) is 4.51. The first kappa shape index (κ1) is 15.8. The van der Waals surface area contributed by atoms with Gasteiger partial charge in [0.2, 0.25) is 10.0 Å². The number of benzene rings is 2. The molecule has 0 saturated carbocycles. The van der Waals surface area contributed by atoms with Gasteiger partial charge in [0.05, 0.1) is 17.0 Å². The zero-order chi connectivity index (χ0) is 15.5. The van der Waals surface area contributed by atoms with Crippen molar-refractivity contribution in [1.82, 2.24) is 4.72 Å². The molecule has 0 amide bonds. The number of hydrogen-bond donors (Lipinski definition) is 1. The van der Waals surface area contributed by atoms with E-state index in [4.69, 9.17) is 16.3 Å². The Balaban J connectivity index is 2.14. The highest BCUT2D eigenvalue weighted by molar-refractivity contribution is 7.89. The van der Waals surface area contributed by atoms with E-state index in [9.17, 15) is 12.8 Å². The monoisotopic (exact) mass is 329 g/mol. The fourth-order valence-corrected chi connectivity index (χ4v) is 3.04. The minimum absolute atomic E-state index is 0.0374. The lowest BCUT2D eigenvalue weighted by Gasteiger charge is -2.09. The quantitative estimate of drug-likeness (QED) is 0.917. The molecule has 2 aromatic carbocycles. The minimum Gasteiger partial charge on any atom is -0.495 e. The average molecular weight is 330 g/mol. The molecule has 0 aromatic heterocycles. The summed E-state index contributed by atoms with van der Waals surface area (Å²) in [6.45, 7) is 0.0618. The fourth-order valence-electron chi connectivity index (χ4n) is 1.68. The second kappa shape index (κ2) is 6.43. The van der Waals surface area contributed by atoms with Crippen LogP contribution in [-0.2, 0) is 16.6 Å². The number of nitrogens with one attached hydrogen (secondary N) is 1. The van der Waals surface area contributed by atoms with E-state index in [2.05, 4.69) is 4.72 Å². The van der Waals surface area contributed by atoms with Crippen LogP contribution in [0, 0.1) is 5.82 Å². The van der Waals surface area contributed by atoms with Gasteiger partial charge in [-0.25, -0.2) is 17.5 Å².